The van der Waals surface area contributed by atoms with Crippen molar-refractivity contribution in [3.8, 4) is 5.75 Å². The predicted octanol–water partition coefficient (Wildman–Crippen LogP) is 4.04. The van der Waals surface area contributed by atoms with Crippen LogP contribution in [0.4, 0.5) is 0 Å². The lowest BCUT2D eigenvalue weighted by Gasteiger charge is -2.58. The normalized spacial score (nSPS) is 29.6. The molecule has 0 unspecified atom stereocenters. The number of fused-ring (bicyclic) bond motifs is 1. The summed E-state index contributed by atoms with van der Waals surface area (Å²) in [6.07, 6.45) is 8.46. The zero-order valence-corrected chi connectivity index (χ0v) is 16.6. The Labute approximate surface area is 162 Å². The third-order valence-electron chi connectivity index (χ3n) is 7.32. The second-order valence-corrected chi connectivity index (χ2v) is 8.70. The van der Waals surface area contributed by atoms with Crippen LogP contribution >= 0.6 is 0 Å². The van der Waals surface area contributed by atoms with Gasteiger partial charge in [-0.25, -0.2) is 0 Å². The maximum atomic E-state index is 12.2. The number of benzene rings is 1. The zero-order chi connectivity index (χ0) is 19.0. The number of carbonyl (C=O) groups excluding carboxylic acids is 2. The highest BCUT2D eigenvalue weighted by atomic mass is 16.5. The summed E-state index contributed by atoms with van der Waals surface area (Å²) in [4.78, 5) is 26.2. The van der Waals surface area contributed by atoms with Crippen molar-refractivity contribution in [3.63, 3.8) is 0 Å². The summed E-state index contributed by atoms with van der Waals surface area (Å²) in [5, 5.41) is 0. The van der Waals surface area contributed by atoms with Gasteiger partial charge in [0.1, 0.15) is 11.5 Å². The van der Waals surface area contributed by atoms with Gasteiger partial charge in [-0.2, -0.15) is 0 Å². The minimum absolute atomic E-state index is 0.110. The summed E-state index contributed by atoms with van der Waals surface area (Å²) >= 11 is 0. The Morgan fingerprint density at radius 1 is 1.22 bits per heavy atom. The number of hydrogen-bond donors (Lipinski definition) is 0. The van der Waals surface area contributed by atoms with Crippen LogP contribution in [0.5, 0.6) is 5.75 Å². The van der Waals surface area contributed by atoms with E-state index in [2.05, 4.69) is 24.1 Å². The largest absolute Gasteiger partial charge is 0.427 e. The lowest BCUT2D eigenvalue weighted by molar-refractivity contribution is -0.136. The summed E-state index contributed by atoms with van der Waals surface area (Å²) in [6.45, 7) is 2.98. The van der Waals surface area contributed by atoms with Gasteiger partial charge < -0.3 is 9.64 Å². The monoisotopic (exact) mass is 369 g/mol. The molecule has 1 heterocycles. The first-order chi connectivity index (χ1) is 13.0. The molecule has 0 spiro atoms. The number of carbonyl (C=O) groups is 2. The van der Waals surface area contributed by atoms with Crippen molar-refractivity contribution in [2.75, 3.05) is 13.6 Å². The molecule has 0 amide bonds. The first kappa shape index (κ1) is 18.7. The van der Waals surface area contributed by atoms with Crippen LogP contribution in [0.15, 0.2) is 18.2 Å². The third-order valence-corrected chi connectivity index (χ3v) is 7.32. The van der Waals surface area contributed by atoms with E-state index in [1.807, 2.05) is 13.0 Å². The molecular weight excluding hydrogens is 338 g/mol. The summed E-state index contributed by atoms with van der Waals surface area (Å²) in [5.41, 5.74) is 3.14. The fourth-order valence-corrected chi connectivity index (χ4v) is 5.84. The molecular formula is C23H31NO3. The number of esters is 1. The van der Waals surface area contributed by atoms with Gasteiger partial charge >= 0.3 is 5.97 Å². The molecule has 4 nitrogen and oxygen atoms in total. The topological polar surface area (TPSA) is 46.6 Å². The van der Waals surface area contributed by atoms with E-state index in [1.54, 1.807) is 0 Å². The summed E-state index contributed by atoms with van der Waals surface area (Å²) in [7, 11) is 2.28. The smallest absolute Gasteiger partial charge is 0.311 e. The molecule has 2 aliphatic carbocycles. The van der Waals surface area contributed by atoms with E-state index in [9.17, 15) is 9.59 Å². The van der Waals surface area contributed by atoms with Crippen LogP contribution in [0, 0.1) is 5.92 Å². The molecule has 1 aromatic carbocycles. The van der Waals surface area contributed by atoms with Gasteiger partial charge in [0.15, 0.2) is 0 Å². The average Bonchev–Trinajstić information content (AvgIpc) is 2.69. The Bertz CT molecular complexity index is 743. The Hall–Kier alpha value is -1.68. The number of nitrogens with zero attached hydrogens (tertiary/aromatic N) is 1. The van der Waals surface area contributed by atoms with Crippen molar-refractivity contribution in [1.29, 1.82) is 0 Å². The molecule has 1 saturated heterocycles. The Balaban J connectivity index is 1.58. The predicted molar refractivity (Wildman–Crippen MR) is 105 cm³/mol. The van der Waals surface area contributed by atoms with E-state index in [0.717, 1.165) is 18.9 Å². The van der Waals surface area contributed by atoms with Gasteiger partial charge in [0.2, 0.25) is 0 Å². The Morgan fingerprint density at radius 3 is 2.89 bits per heavy atom. The van der Waals surface area contributed by atoms with Gasteiger partial charge in [-0.05, 0) is 68.5 Å². The molecule has 3 aliphatic rings. The van der Waals surface area contributed by atoms with Crippen LogP contribution in [0.25, 0.3) is 0 Å². The molecule has 1 aliphatic heterocycles. The summed E-state index contributed by atoms with van der Waals surface area (Å²) in [6, 6.07) is 6.91. The SMILES string of the molecule is CCC(=O)CCC(=O)Oc1ccc2c(c1)[C@@]13CCCC[C@H]1[C@@H](C2)N(C)CC3. The average molecular weight is 370 g/mol. The Kier molecular flexibility index (Phi) is 5.11. The van der Waals surface area contributed by atoms with Gasteiger partial charge in [0, 0.05) is 24.3 Å². The highest BCUT2D eigenvalue weighted by molar-refractivity contribution is 5.83. The van der Waals surface area contributed by atoms with Crippen molar-refractivity contribution in [3.05, 3.63) is 29.3 Å². The standard InChI is InChI=1S/C23H31NO3/c1-3-17(25)8-10-22(26)27-18-9-7-16-14-21-19-6-4-5-11-23(19,20(16)15-18)12-13-24(21)2/h7,9,15,19,21H,3-6,8,10-14H2,1-2H3/t19-,21+,23+/m0/s1. The Morgan fingerprint density at radius 2 is 2.07 bits per heavy atom. The number of piperidine rings is 1. The van der Waals surface area contributed by atoms with Crippen LogP contribution < -0.4 is 4.74 Å². The van der Waals surface area contributed by atoms with E-state index in [0.29, 0.717) is 18.2 Å². The first-order valence-electron chi connectivity index (χ1n) is 10.6. The molecule has 3 atom stereocenters. The maximum Gasteiger partial charge on any atom is 0.311 e. The van der Waals surface area contributed by atoms with E-state index in [-0.39, 0.29) is 30.0 Å². The number of likely N-dealkylation sites (N-methyl/N-ethyl adjacent to an activating group) is 1. The lowest BCUT2D eigenvalue weighted by Crippen LogP contribution is -2.59. The van der Waals surface area contributed by atoms with Crippen molar-refractivity contribution in [2.24, 2.45) is 5.92 Å². The fourth-order valence-electron chi connectivity index (χ4n) is 5.84. The number of Topliss-reactive ketones (excluding diaryl/α,β-unsaturated/α-hetero) is 1. The summed E-state index contributed by atoms with van der Waals surface area (Å²) < 4.78 is 5.61. The van der Waals surface area contributed by atoms with E-state index >= 15 is 0 Å². The highest BCUT2D eigenvalue weighted by Crippen LogP contribution is 2.55. The first-order valence-corrected chi connectivity index (χ1v) is 10.6. The molecule has 4 heteroatoms. The van der Waals surface area contributed by atoms with Gasteiger partial charge in [-0.3, -0.25) is 9.59 Å². The van der Waals surface area contributed by atoms with Crippen LogP contribution in [0.1, 0.15) is 69.4 Å². The van der Waals surface area contributed by atoms with Crippen LogP contribution in [0.2, 0.25) is 0 Å². The molecule has 2 bridgehead atoms. The molecule has 0 N–H and O–H groups in total. The van der Waals surface area contributed by atoms with Crippen LogP contribution in [-0.2, 0) is 21.4 Å². The van der Waals surface area contributed by atoms with Gasteiger partial charge in [-0.1, -0.05) is 25.8 Å². The quantitative estimate of drug-likeness (QED) is 0.580. The van der Waals surface area contributed by atoms with Crippen LogP contribution in [0.3, 0.4) is 0 Å². The van der Waals surface area contributed by atoms with Crippen molar-refractivity contribution in [2.45, 2.75) is 76.2 Å². The minimum Gasteiger partial charge on any atom is -0.427 e. The molecule has 1 aromatic rings. The molecule has 4 rings (SSSR count). The zero-order valence-electron chi connectivity index (χ0n) is 16.6. The lowest BCUT2D eigenvalue weighted by atomic mass is 9.52. The van der Waals surface area contributed by atoms with Crippen molar-refractivity contribution in [1.82, 2.24) is 4.90 Å². The highest BCUT2D eigenvalue weighted by Gasteiger charge is 2.53. The third kappa shape index (κ3) is 3.33. The van der Waals surface area contributed by atoms with Crippen molar-refractivity contribution >= 4 is 11.8 Å². The van der Waals surface area contributed by atoms with Gasteiger partial charge in [0.25, 0.3) is 0 Å². The second kappa shape index (κ2) is 7.38. The summed E-state index contributed by atoms with van der Waals surface area (Å²) in [5.74, 6) is 1.19. The number of likely N-dealkylation sites (tertiary alicyclic amines) is 1. The number of hydrogen-bond acceptors (Lipinski definition) is 4. The number of rotatable bonds is 5. The van der Waals surface area contributed by atoms with Crippen molar-refractivity contribution < 1.29 is 14.3 Å². The minimum atomic E-state index is -0.300. The van der Waals surface area contributed by atoms with Crippen LogP contribution in [-0.4, -0.2) is 36.3 Å². The fraction of sp³-hybridized carbons (Fsp3) is 0.652. The van der Waals surface area contributed by atoms with E-state index in [1.165, 1.54) is 43.2 Å². The van der Waals surface area contributed by atoms with E-state index in [4.69, 9.17) is 4.74 Å². The van der Waals surface area contributed by atoms with Gasteiger partial charge in [0.05, 0.1) is 6.42 Å². The second-order valence-electron chi connectivity index (χ2n) is 8.70. The van der Waals surface area contributed by atoms with E-state index < -0.39 is 0 Å². The molecule has 1 saturated carbocycles. The number of ketones is 1. The van der Waals surface area contributed by atoms with Gasteiger partial charge in [-0.15, -0.1) is 0 Å². The molecule has 0 radical (unpaired) electrons. The number of ether oxygens (including phenoxy) is 1. The molecule has 0 aromatic heterocycles. The molecule has 146 valence electrons. The molecule has 27 heavy (non-hydrogen) atoms. The maximum absolute atomic E-state index is 12.2. The molecule has 2 fully saturated rings.